The maximum Gasteiger partial charge on any atom is 0.316 e. The largest absolute Gasteiger partial charge is 0.343 e. The Morgan fingerprint density at radius 1 is 0.946 bits per heavy atom. The molecule has 1 N–H and O–H groups in total. The quantitative estimate of drug-likeness (QED) is 0.378. The number of benzene rings is 3. The molecule has 8 heteroatoms. The van der Waals surface area contributed by atoms with Crippen molar-refractivity contribution in [1.82, 2.24) is 14.9 Å². The second-order valence-electron chi connectivity index (χ2n) is 8.88. The van der Waals surface area contributed by atoms with E-state index in [0.29, 0.717) is 30.8 Å². The average Bonchev–Trinajstić information content (AvgIpc) is 3.38. The van der Waals surface area contributed by atoms with Crippen molar-refractivity contribution in [3.63, 3.8) is 0 Å². The van der Waals surface area contributed by atoms with Gasteiger partial charge < -0.3 is 14.8 Å². The Morgan fingerprint density at radius 3 is 2.30 bits per heavy atom. The second kappa shape index (κ2) is 11.5. The first-order chi connectivity index (χ1) is 17.6. The minimum Gasteiger partial charge on any atom is -0.343 e. The fraction of sp³-hybridized carbons (Fsp3) is 0.172. The van der Waals surface area contributed by atoms with E-state index in [1.54, 1.807) is 23.4 Å². The number of piperazine rings is 1. The van der Waals surface area contributed by atoms with Crippen molar-refractivity contribution in [2.75, 3.05) is 11.4 Å². The lowest BCUT2D eigenvalue weighted by molar-refractivity contribution is -0.139. The molecule has 1 aromatic heterocycles. The molecule has 1 fully saturated rings. The van der Waals surface area contributed by atoms with E-state index in [2.05, 4.69) is 33.1 Å². The number of aromatic nitrogens is 2. The number of hydrogen-bond donors (Lipinski definition) is 1. The lowest BCUT2D eigenvalue weighted by Crippen LogP contribution is -2.60. The van der Waals surface area contributed by atoms with Gasteiger partial charge in [-0.05, 0) is 41.8 Å². The highest BCUT2D eigenvalue weighted by Crippen LogP contribution is 2.29. The maximum atomic E-state index is 12.8. The lowest BCUT2D eigenvalue weighted by atomic mass is 9.87. The average molecular weight is 512 g/mol. The number of imidazole rings is 1. The van der Waals surface area contributed by atoms with Gasteiger partial charge in [0.1, 0.15) is 0 Å². The molecule has 186 valence electrons. The Hall–Kier alpha value is -4.41. The number of para-hydroxylation sites is 1. The zero-order chi connectivity index (χ0) is 24.9. The van der Waals surface area contributed by atoms with Crippen LogP contribution in [0.5, 0.6) is 0 Å². The van der Waals surface area contributed by atoms with E-state index < -0.39 is 11.8 Å². The van der Waals surface area contributed by atoms with E-state index in [9.17, 15) is 9.59 Å². The molecule has 0 radical (unpaired) electrons. The first kappa shape index (κ1) is 25.7. The number of nitrogens with zero attached hydrogens (tertiary/aromatic N) is 4. The number of amides is 2. The zero-order valence-electron chi connectivity index (χ0n) is 20.0. The van der Waals surface area contributed by atoms with E-state index in [1.165, 1.54) is 0 Å². The van der Waals surface area contributed by atoms with Crippen molar-refractivity contribution in [2.45, 2.75) is 24.9 Å². The van der Waals surface area contributed by atoms with Gasteiger partial charge in [-0.1, -0.05) is 60.7 Å². The smallest absolute Gasteiger partial charge is 0.316 e. The van der Waals surface area contributed by atoms with E-state index in [1.807, 2.05) is 66.9 Å². The third kappa shape index (κ3) is 5.71. The van der Waals surface area contributed by atoms with Crippen LogP contribution in [0.1, 0.15) is 28.3 Å². The Kier molecular flexibility index (Phi) is 8.02. The molecule has 0 spiro atoms. The van der Waals surface area contributed by atoms with Gasteiger partial charge >= 0.3 is 11.8 Å². The van der Waals surface area contributed by atoms with Gasteiger partial charge in [-0.2, -0.15) is 5.26 Å². The summed E-state index contributed by atoms with van der Waals surface area (Å²) in [6.45, 7) is 0.933. The molecule has 4 aromatic rings. The zero-order valence-corrected chi connectivity index (χ0v) is 20.8. The second-order valence-corrected chi connectivity index (χ2v) is 8.88. The molecule has 3 aromatic carbocycles. The van der Waals surface area contributed by atoms with Gasteiger partial charge in [-0.3, -0.25) is 9.59 Å². The maximum absolute atomic E-state index is 12.8. The number of carbonyl (C=O) groups is 2. The van der Waals surface area contributed by atoms with Crippen LogP contribution < -0.4 is 10.2 Å². The van der Waals surface area contributed by atoms with Gasteiger partial charge in [0, 0.05) is 36.6 Å². The Labute approximate surface area is 221 Å². The molecule has 37 heavy (non-hydrogen) atoms. The molecule has 2 heterocycles. The molecule has 1 aliphatic rings. The summed E-state index contributed by atoms with van der Waals surface area (Å²) in [6, 6.07) is 28.7. The predicted molar refractivity (Wildman–Crippen MR) is 143 cm³/mol. The molecular formula is C29H26ClN5O2. The molecular weight excluding hydrogens is 486 g/mol. The van der Waals surface area contributed by atoms with Crippen molar-refractivity contribution in [3.05, 3.63) is 120 Å². The highest BCUT2D eigenvalue weighted by molar-refractivity contribution is 6.41. The molecule has 5 rings (SSSR count). The normalized spacial score (nSPS) is 15.9. The van der Waals surface area contributed by atoms with Crippen LogP contribution in [0.4, 0.5) is 5.69 Å². The van der Waals surface area contributed by atoms with Crippen LogP contribution in [0.15, 0.2) is 97.5 Å². The summed E-state index contributed by atoms with van der Waals surface area (Å²) < 4.78 is 2.07. The molecule has 0 saturated carbocycles. The van der Waals surface area contributed by atoms with Crippen LogP contribution in [-0.4, -0.2) is 34.0 Å². The van der Waals surface area contributed by atoms with Gasteiger partial charge in [0.15, 0.2) is 0 Å². The molecule has 2 unspecified atom stereocenters. The number of anilines is 1. The number of nitriles is 1. The van der Waals surface area contributed by atoms with Crippen LogP contribution in [-0.2, 0) is 22.6 Å². The minimum atomic E-state index is -0.605. The molecule has 0 bridgehead atoms. The third-order valence-electron chi connectivity index (χ3n) is 6.55. The Morgan fingerprint density at radius 2 is 1.62 bits per heavy atom. The molecule has 1 saturated heterocycles. The highest BCUT2D eigenvalue weighted by atomic mass is 35.5. The fourth-order valence-corrected chi connectivity index (χ4v) is 4.71. The van der Waals surface area contributed by atoms with Crippen molar-refractivity contribution in [3.8, 4) is 6.07 Å². The standard InChI is InChI=1S/C29H25N5O2.ClH/c30-16-22-11-13-23(14-12-22)18-33-20-31-17-27(33)25(15-21-7-3-1-4-8-21)26-19-34(29(36)28(35)32-26)24-9-5-2-6-10-24;/h1-14,17,20,25-26H,15,18-19H2,(H,32,35);1H. The van der Waals surface area contributed by atoms with Crippen molar-refractivity contribution < 1.29 is 9.59 Å². The van der Waals surface area contributed by atoms with Gasteiger partial charge in [0.2, 0.25) is 0 Å². The summed E-state index contributed by atoms with van der Waals surface area (Å²) in [7, 11) is 0. The van der Waals surface area contributed by atoms with Gasteiger partial charge in [0.25, 0.3) is 0 Å². The molecule has 2 amide bonds. The highest BCUT2D eigenvalue weighted by Gasteiger charge is 2.38. The number of hydrogen-bond acceptors (Lipinski definition) is 4. The summed E-state index contributed by atoms with van der Waals surface area (Å²) in [6.07, 6.45) is 4.30. The van der Waals surface area contributed by atoms with Crippen molar-refractivity contribution in [2.24, 2.45) is 0 Å². The van der Waals surface area contributed by atoms with E-state index in [4.69, 9.17) is 5.26 Å². The number of nitrogens with one attached hydrogen (secondary N) is 1. The Bertz CT molecular complexity index is 1400. The summed E-state index contributed by atoms with van der Waals surface area (Å²) >= 11 is 0. The predicted octanol–water partition coefficient (Wildman–Crippen LogP) is 4.08. The molecule has 7 nitrogen and oxygen atoms in total. The molecule has 0 aliphatic carbocycles. The topological polar surface area (TPSA) is 91.0 Å². The van der Waals surface area contributed by atoms with Crippen LogP contribution >= 0.6 is 12.4 Å². The fourth-order valence-electron chi connectivity index (χ4n) is 4.71. The number of rotatable bonds is 7. The van der Waals surface area contributed by atoms with E-state index in [0.717, 1.165) is 16.8 Å². The lowest BCUT2D eigenvalue weighted by Gasteiger charge is -2.37. The van der Waals surface area contributed by atoms with Gasteiger partial charge in [0.05, 0.1) is 24.0 Å². The van der Waals surface area contributed by atoms with Crippen molar-refractivity contribution >= 4 is 29.9 Å². The van der Waals surface area contributed by atoms with Gasteiger partial charge in [-0.25, -0.2) is 4.98 Å². The third-order valence-corrected chi connectivity index (χ3v) is 6.55. The summed E-state index contributed by atoms with van der Waals surface area (Å²) in [4.78, 5) is 31.6. The minimum absolute atomic E-state index is 0. The summed E-state index contributed by atoms with van der Waals surface area (Å²) in [5.74, 6) is -1.29. The summed E-state index contributed by atoms with van der Waals surface area (Å²) in [5, 5.41) is 12.1. The SMILES string of the molecule is Cl.N#Cc1ccc(Cn2cncc2C(Cc2ccccc2)C2CN(c3ccccc3)C(=O)C(=O)N2)cc1. The van der Waals surface area contributed by atoms with Crippen LogP contribution in [0.2, 0.25) is 0 Å². The van der Waals surface area contributed by atoms with Crippen LogP contribution in [0.3, 0.4) is 0 Å². The first-order valence-corrected chi connectivity index (χ1v) is 11.8. The van der Waals surface area contributed by atoms with Crippen LogP contribution in [0, 0.1) is 11.3 Å². The van der Waals surface area contributed by atoms with E-state index >= 15 is 0 Å². The monoisotopic (exact) mass is 511 g/mol. The number of halogens is 1. The summed E-state index contributed by atoms with van der Waals surface area (Å²) in [5.41, 5.74) is 4.46. The van der Waals surface area contributed by atoms with Crippen molar-refractivity contribution in [1.29, 1.82) is 5.26 Å². The Balaban J connectivity index is 0.00000320. The first-order valence-electron chi connectivity index (χ1n) is 11.8. The molecule has 1 aliphatic heterocycles. The van der Waals surface area contributed by atoms with Crippen LogP contribution in [0.25, 0.3) is 0 Å². The van der Waals surface area contributed by atoms with E-state index in [-0.39, 0.29) is 24.4 Å². The van der Waals surface area contributed by atoms with Gasteiger partial charge in [-0.15, -0.1) is 12.4 Å². The number of carbonyl (C=O) groups excluding carboxylic acids is 2. The molecule has 2 atom stereocenters.